The summed E-state index contributed by atoms with van der Waals surface area (Å²) in [5, 5.41) is 6.29. The molecule has 0 unspecified atom stereocenters. The van der Waals surface area contributed by atoms with Crippen molar-refractivity contribution in [3.05, 3.63) is 86.7 Å². The molecule has 1 amide bonds. The Labute approximate surface area is 257 Å². The van der Waals surface area contributed by atoms with Crippen LogP contribution in [0.25, 0.3) is 28.3 Å². The number of nitrogens with two attached hydrogens (primary N) is 1. The van der Waals surface area contributed by atoms with Crippen molar-refractivity contribution in [2.45, 2.75) is 6.92 Å². The molecule has 220 valence electrons. The molecule has 1 aliphatic rings. The number of nitrogens with zero attached hydrogens (tertiary/aromatic N) is 7. The Bertz CT molecular complexity index is 1870. The van der Waals surface area contributed by atoms with E-state index in [4.69, 9.17) is 27.3 Å². The molecule has 5 aromatic rings. The number of nitrogens with one attached hydrogen (secondary N) is 1. The zero-order valence-electron chi connectivity index (χ0n) is 23.9. The van der Waals surface area contributed by atoms with Gasteiger partial charge in [-0.3, -0.25) is 14.3 Å². The summed E-state index contributed by atoms with van der Waals surface area (Å²) >= 11 is 7.72. The van der Waals surface area contributed by atoms with Crippen LogP contribution >= 0.6 is 22.9 Å². The summed E-state index contributed by atoms with van der Waals surface area (Å²) in [5.41, 5.74) is 10.1. The van der Waals surface area contributed by atoms with Gasteiger partial charge in [0.15, 0.2) is 5.13 Å². The second-order valence-corrected chi connectivity index (χ2v) is 11.7. The van der Waals surface area contributed by atoms with Crippen LogP contribution in [0.15, 0.2) is 64.9 Å². The summed E-state index contributed by atoms with van der Waals surface area (Å²) in [5.74, 6) is -0.218. The largest absolute Gasteiger partial charge is 0.382 e. The van der Waals surface area contributed by atoms with Gasteiger partial charge in [-0.2, -0.15) is 0 Å². The molecule has 1 aliphatic heterocycles. The van der Waals surface area contributed by atoms with Crippen LogP contribution in [0.3, 0.4) is 0 Å². The highest BCUT2D eigenvalue weighted by molar-refractivity contribution is 7.14. The molecule has 0 saturated carbocycles. The summed E-state index contributed by atoms with van der Waals surface area (Å²) < 4.78 is 3.06. The minimum absolute atomic E-state index is 0.0496. The van der Waals surface area contributed by atoms with Crippen LogP contribution in [0.5, 0.6) is 0 Å². The molecule has 43 heavy (non-hydrogen) atoms. The second kappa shape index (κ2) is 11.6. The Morgan fingerprint density at radius 3 is 2.49 bits per heavy atom. The van der Waals surface area contributed by atoms with Crippen molar-refractivity contribution in [2.75, 3.05) is 49.2 Å². The predicted octanol–water partition coefficient (Wildman–Crippen LogP) is 4.30. The number of aromatic nitrogens is 5. The molecule has 13 heteroatoms. The van der Waals surface area contributed by atoms with Gasteiger partial charge < -0.3 is 20.9 Å². The van der Waals surface area contributed by atoms with Gasteiger partial charge in [-0.1, -0.05) is 29.8 Å². The monoisotopic (exact) mass is 615 g/mol. The number of thiazole rings is 1. The first-order valence-corrected chi connectivity index (χ1v) is 14.9. The molecule has 11 nitrogen and oxygen atoms in total. The highest BCUT2D eigenvalue weighted by Crippen LogP contribution is 2.30. The lowest BCUT2D eigenvalue weighted by atomic mass is 10.1. The summed E-state index contributed by atoms with van der Waals surface area (Å²) in [6, 6.07) is 14.0. The zero-order valence-corrected chi connectivity index (χ0v) is 25.5. The fourth-order valence-electron chi connectivity index (χ4n) is 5.03. The van der Waals surface area contributed by atoms with Crippen LogP contribution in [0.1, 0.15) is 16.1 Å². The quantitative estimate of drug-likeness (QED) is 0.289. The number of anilines is 3. The van der Waals surface area contributed by atoms with Crippen molar-refractivity contribution in [2.24, 2.45) is 7.05 Å². The maximum atomic E-state index is 13.3. The fraction of sp³-hybridized carbons (Fsp3) is 0.233. The standard InChI is InChI=1S/C30H30ClN9O2S/c1-18-25(29(42)40(38(18)3)22-6-4-5-20(31)15-22)28(41)34-21-9-7-19(8-10-21)26-27(32)33-16-23(35-26)24-17-43-30(36-24)39-13-11-37(2)12-14-39/h4-10,15-17H,11-14H2,1-3H3,(H2,32,33)(H,34,41). The molecule has 1 fully saturated rings. The average Bonchev–Trinajstić information content (AvgIpc) is 3.57. The van der Waals surface area contributed by atoms with Crippen molar-refractivity contribution in [1.82, 2.24) is 29.2 Å². The van der Waals surface area contributed by atoms with E-state index in [1.54, 1.807) is 84.7 Å². The Morgan fingerprint density at radius 2 is 1.77 bits per heavy atom. The predicted molar refractivity (Wildman–Crippen MR) is 171 cm³/mol. The Balaban J connectivity index is 1.21. The maximum absolute atomic E-state index is 13.3. The van der Waals surface area contributed by atoms with Crippen LogP contribution in [0.2, 0.25) is 5.02 Å². The second-order valence-electron chi connectivity index (χ2n) is 10.4. The average molecular weight is 616 g/mol. The number of piperazine rings is 1. The fourth-order valence-corrected chi connectivity index (χ4v) is 6.09. The van der Waals surface area contributed by atoms with E-state index in [1.165, 1.54) is 4.68 Å². The van der Waals surface area contributed by atoms with Crippen molar-refractivity contribution in [3.8, 4) is 28.3 Å². The first-order valence-electron chi connectivity index (χ1n) is 13.7. The highest BCUT2D eigenvalue weighted by Gasteiger charge is 2.23. The minimum atomic E-state index is -0.507. The SMILES string of the molecule is Cc1c(C(=O)Nc2ccc(-c3nc(-c4csc(N5CCN(C)CC5)n4)cnc3N)cc2)c(=O)n(-c2cccc(Cl)c2)n1C. The number of likely N-dealkylation sites (N-methyl/N-ethyl adjacent to an activating group) is 1. The number of rotatable bonds is 6. The smallest absolute Gasteiger partial charge is 0.284 e. The van der Waals surface area contributed by atoms with E-state index >= 15 is 0 Å². The van der Waals surface area contributed by atoms with Crippen LogP contribution in [0.4, 0.5) is 16.6 Å². The van der Waals surface area contributed by atoms with Crippen molar-refractivity contribution in [3.63, 3.8) is 0 Å². The first kappa shape index (κ1) is 28.6. The number of halogens is 1. The minimum Gasteiger partial charge on any atom is -0.382 e. The molecular formula is C30H30ClN9O2S. The van der Waals surface area contributed by atoms with Gasteiger partial charge in [0, 0.05) is 54.9 Å². The molecule has 6 rings (SSSR count). The molecule has 3 N–H and O–H groups in total. The number of hydrogen-bond acceptors (Lipinski definition) is 9. The van der Waals surface area contributed by atoms with E-state index in [0.717, 1.165) is 42.6 Å². The molecule has 1 saturated heterocycles. The topological polar surface area (TPSA) is 127 Å². The summed E-state index contributed by atoms with van der Waals surface area (Å²) in [7, 11) is 3.85. The highest BCUT2D eigenvalue weighted by atomic mass is 35.5. The van der Waals surface area contributed by atoms with Crippen LogP contribution in [-0.2, 0) is 7.05 Å². The summed E-state index contributed by atoms with van der Waals surface area (Å²) in [4.78, 5) is 45.1. The number of carbonyl (C=O) groups is 1. The van der Waals surface area contributed by atoms with Crippen molar-refractivity contribution < 1.29 is 4.79 Å². The summed E-state index contributed by atoms with van der Waals surface area (Å²) in [6.07, 6.45) is 1.63. The molecule has 0 radical (unpaired) electrons. The molecule has 2 aromatic carbocycles. The van der Waals surface area contributed by atoms with Crippen LogP contribution < -0.4 is 21.5 Å². The van der Waals surface area contributed by atoms with Crippen LogP contribution in [-0.4, -0.2) is 68.3 Å². The third-order valence-electron chi connectivity index (χ3n) is 7.58. The van der Waals surface area contributed by atoms with Gasteiger partial charge in [0.05, 0.1) is 17.6 Å². The van der Waals surface area contributed by atoms with E-state index in [2.05, 4.69) is 27.1 Å². The third-order valence-corrected chi connectivity index (χ3v) is 8.72. The lowest BCUT2D eigenvalue weighted by Gasteiger charge is -2.32. The molecule has 0 aliphatic carbocycles. The number of amides is 1. The zero-order chi connectivity index (χ0) is 30.2. The van der Waals surface area contributed by atoms with E-state index in [9.17, 15) is 9.59 Å². The van der Waals surface area contributed by atoms with Crippen molar-refractivity contribution >= 4 is 45.5 Å². The number of nitrogen functional groups attached to an aromatic ring is 1. The maximum Gasteiger partial charge on any atom is 0.284 e. The third kappa shape index (κ3) is 5.64. The van der Waals surface area contributed by atoms with Gasteiger partial charge in [0.2, 0.25) is 0 Å². The van der Waals surface area contributed by atoms with Gasteiger partial charge in [-0.15, -0.1) is 11.3 Å². The molecule has 0 atom stereocenters. The first-order chi connectivity index (χ1) is 20.7. The Hall–Kier alpha value is -4.52. The lowest BCUT2D eigenvalue weighted by molar-refractivity contribution is 0.102. The molecule has 3 aromatic heterocycles. The van der Waals surface area contributed by atoms with E-state index in [1.807, 2.05) is 5.38 Å². The molecule has 0 spiro atoms. The Morgan fingerprint density at radius 1 is 1.02 bits per heavy atom. The van der Waals surface area contributed by atoms with Crippen LogP contribution in [0, 0.1) is 6.92 Å². The van der Waals surface area contributed by atoms with Gasteiger partial charge in [-0.05, 0) is 44.3 Å². The van der Waals surface area contributed by atoms with Gasteiger partial charge >= 0.3 is 0 Å². The lowest BCUT2D eigenvalue weighted by Crippen LogP contribution is -2.44. The normalized spacial score (nSPS) is 13.8. The van der Waals surface area contributed by atoms with Crippen molar-refractivity contribution in [1.29, 1.82) is 0 Å². The van der Waals surface area contributed by atoms with Gasteiger partial charge in [-0.25, -0.2) is 19.6 Å². The van der Waals surface area contributed by atoms with E-state index in [-0.39, 0.29) is 11.4 Å². The number of hydrogen-bond donors (Lipinski definition) is 2. The molecule has 0 bridgehead atoms. The van der Waals surface area contributed by atoms with E-state index in [0.29, 0.717) is 33.5 Å². The number of benzene rings is 2. The van der Waals surface area contributed by atoms with Gasteiger partial charge in [0.25, 0.3) is 11.5 Å². The Kier molecular flexibility index (Phi) is 7.74. The van der Waals surface area contributed by atoms with E-state index < -0.39 is 11.5 Å². The van der Waals surface area contributed by atoms with Gasteiger partial charge in [0.1, 0.15) is 28.5 Å². The summed E-state index contributed by atoms with van der Waals surface area (Å²) in [6.45, 7) is 5.61. The molecular weight excluding hydrogens is 586 g/mol. The number of carbonyl (C=O) groups excluding carboxylic acids is 1. The molecule has 4 heterocycles.